The fraction of sp³-hybridized carbons (Fsp3) is 0.533. The first-order valence-electron chi connectivity index (χ1n) is 14.8. The highest BCUT2D eigenvalue weighted by Gasteiger charge is 2.43. The molecule has 0 unspecified atom stereocenters. The molecule has 1 saturated heterocycles. The number of hydrogen-bond donors (Lipinski definition) is 2. The summed E-state index contributed by atoms with van der Waals surface area (Å²) in [6, 6.07) is 2.48. The van der Waals surface area contributed by atoms with Crippen LogP contribution in [0.1, 0.15) is 37.7 Å². The Balaban J connectivity index is 1.49. The van der Waals surface area contributed by atoms with Crippen molar-refractivity contribution in [3.05, 3.63) is 36.5 Å². The number of alkyl halides is 4. The molecule has 11 nitrogen and oxygen atoms in total. The fourth-order valence-electron chi connectivity index (χ4n) is 6.10. The second-order valence-corrected chi connectivity index (χ2v) is 11.8. The van der Waals surface area contributed by atoms with Gasteiger partial charge in [-0.05, 0) is 45.5 Å². The van der Waals surface area contributed by atoms with Crippen molar-refractivity contribution in [2.45, 2.75) is 63.1 Å². The van der Waals surface area contributed by atoms with Gasteiger partial charge in [-0.2, -0.15) is 4.98 Å². The smallest absolute Gasteiger partial charge is 0.326 e. The molecule has 1 aromatic carbocycles. The second-order valence-electron chi connectivity index (χ2n) is 11.8. The van der Waals surface area contributed by atoms with Gasteiger partial charge >= 0.3 is 6.03 Å². The summed E-state index contributed by atoms with van der Waals surface area (Å²) < 4.78 is 60.3. The first kappa shape index (κ1) is 32.3. The van der Waals surface area contributed by atoms with Crippen molar-refractivity contribution >= 4 is 40.8 Å². The molecule has 1 aliphatic carbocycles. The number of urea groups is 1. The number of carbonyl (C=O) groups is 2. The molecule has 2 N–H and O–H groups in total. The topological polar surface area (TPSA) is 106 Å². The van der Waals surface area contributed by atoms with Crippen LogP contribution >= 0.6 is 0 Å². The summed E-state index contributed by atoms with van der Waals surface area (Å²) in [5, 5.41) is 5.96. The van der Waals surface area contributed by atoms with Crippen LogP contribution in [0.5, 0.6) is 5.75 Å². The predicted octanol–water partition coefficient (Wildman–Crippen LogP) is 5.08. The van der Waals surface area contributed by atoms with Crippen LogP contribution in [0.25, 0.3) is 0 Å². The van der Waals surface area contributed by atoms with Crippen molar-refractivity contribution in [1.82, 2.24) is 19.8 Å². The van der Waals surface area contributed by atoms with Crippen molar-refractivity contribution in [1.29, 1.82) is 0 Å². The van der Waals surface area contributed by atoms with Crippen LogP contribution in [0.2, 0.25) is 0 Å². The van der Waals surface area contributed by atoms with Crippen molar-refractivity contribution < 1.29 is 31.9 Å². The summed E-state index contributed by atoms with van der Waals surface area (Å²) in [7, 11) is 5.55. The number of fused-ring (bicyclic) bond motifs is 1. The predicted molar refractivity (Wildman–Crippen MR) is 163 cm³/mol. The van der Waals surface area contributed by atoms with E-state index in [1.54, 1.807) is 12.1 Å². The zero-order valence-electron chi connectivity index (χ0n) is 25.5. The summed E-state index contributed by atoms with van der Waals surface area (Å²) in [5.41, 5.74) is 2.09. The summed E-state index contributed by atoms with van der Waals surface area (Å²) >= 11 is 0. The maximum Gasteiger partial charge on any atom is 0.326 e. The molecule has 0 radical (unpaired) electrons. The van der Waals surface area contributed by atoms with Crippen LogP contribution < -0.4 is 25.2 Å². The zero-order valence-corrected chi connectivity index (χ0v) is 25.5. The average molecular weight is 635 g/mol. The number of nitrogens with zero attached hydrogens (tertiary/aromatic N) is 6. The Morgan fingerprint density at radius 1 is 1.22 bits per heavy atom. The normalized spacial score (nSPS) is 20.1. The number of halogens is 4. The third-order valence-electron chi connectivity index (χ3n) is 8.56. The Bertz CT molecular complexity index is 1430. The van der Waals surface area contributed by atoms with Gasteiger partial charge in [-0.3, -0.25) is 9.69 Å². The summed E-state index contributed by atoms with van der Waals surface area (Å²) in [4.78, 5) is 41.3. The molecule has 1 saturated carbocycles. The molecule has 15 heteroatoms. The molecule has 2 aliphatic heterocycles. The molecule has 3 amide bonds. The number of carbonyl (C=O) groups excluding carboxylic acids is 2. The maximum atomic E-state index is 14.0. The van der Waals surface area contributed by atoms with Crippen LogP contribution in [0.15, 0.2) is 31.0 Å². The highest BCUT2D eigenvalue weighted by atomic mass is 19.3. The van der Waals surface area contributed by atoms with Crippen LogP contribution in [0, 0.1) is 0 Å². The third kappa shape index (κ3) is 7.08. The lowest BCUT2D eigenvalue weighted by Crippen LogP contribution is -2.54. The maximum absolute atomic E-state index is 14.0. The Kier molecular flexibility index (Phi) is 9.37. The van der Waals surface area contributed by atoms with Crippen LogP contribution in [0.3, 0.4) is 0 Å². The number of rotatable bonds is 10. The highest BCUT2D eigenvalue weighted by molar-refractivity contribution is 6.02. The Hall–Kier alpha value is -4.14. The van der Waals surface area contributed by atoms with Crippen molar-refractivity contribution in [2.24, 2.45) is 0 Å². The van der Waals surface area contributed by atoms with Gasteiger partial charge < -0.3 is 30.1 Å². The minimum atomic E-state index is -2.84. The lowest BCUT2D eigenvalue weighted by atomic mass is 9.90. The van der Waals surface area contributed by atoms with Gasteiger partial charge in [0.15, 0.2) is 0 Å². The molecular formula is C30H38F4N8O3. The van der Waals surface area contributed by atoms with Crippen molar-refractivity contribution in [2.75, 3.05) is 61.3 Å². The number of benzene rings is 1. The van der Waals surface area contributed by atoms with E-state index in [1.165, 1.54) is 24.3 Å². The molecule has 1 atom stereocenters. The number of methoxy groups -OCH3 is 1. The van der Waals surface area contributed by atoms with E-state index >= 15 is 0 Å². The summed E-state index contributed by atoms with van der Waals surface area (Å²) in [5.74, 6) is -2.57. The number of hydrogen-bond acceptors (Lipinski definition) is 8. The van der Waals surface area contributed by atoms with Gasteiger partial charge in [-0.15, -0.1) is 0 Å². The number of amides is 3. The number of anilines is 5. The molecule has 0 spiro atoms. The Morgan fingerprint density at radius 3 is 2.58 bits per heavy atom. The van der Waals surface area contributed by atoms with E-state index < -0.39 is 49.7 Å². The number of ether oxygens (including phenoxy) is 1. The molecule has 2 fully saturated rings. The van der Waals surface area contributed by atoms with Gasteiger partial charge in [0.2, 0.25) is 17.8 Å². The van der Waals surface area contributed by atoms with E-state index in [-0.39, 0.29) is 31.2 Å². The molecule has 5 rings (SSSR count). The Labute approximate surface area is 259 Å². The lowest BCUT2D eigenvalue weighted by molar-refractivity contribution is -0.111. The van der Waals surface area contributed by atoms with E-state index in [9.17, 15) is 27.2 Å². The summed E-state index contributed by atoms with van der Waals surface area (Å²) in [6.07, 6.45) is -0.0585. The largest absolute Gasteiger partial charge is 0.494 e. The fourth-order valence-corrected chi connectivity index (χ4v) is 6.10. The molecule has 3 heterocycles. The van der Waals surface area contributed by atoms with Gasteiger partial charge in [0.05, 0.1) is 37.3 Å². The van der Waals surface area contributed by atoms with Gasteiger partial charge in [-0.25, -0.2) is 27.3 Å². The molecule has 0 bridgehead atoms. The SMILES string of the molecule is C=CC(=O)Nc1cc(Nc2ncc3c(n2)N(C2CCC(F)(F)CC2)C(=O)N(CC(F)F)C3)c(OC)cc1N1CC[C@@H](N(C)C)C1. The first-order chi connectivity index (χ1) is 21.4. The average Bonchev–Trinajstić information content (AvgIpc) is 3.49. The minimum absolute atomic E-state index is 0.000287. The van der Waals surface area contributed by atoms with E-state index in [1.807, 2.05) is 14.1 Å². The van der Waals surface area contributed by atoms with E-state index in [4.69, 9.17) is 4.74 Å². The van der Waals surface area contributed by atoms with Crippen molar-refractivity contribution in [3.63, 3.8) is 0 Å². The molecule has 244 valence electrons. The van der Waals surface area contributed by atoms with E-state index in [0.717, 1.165) is 30.1 Å². The number of likely N-dealkylation sites (N-methyl/N-ethyl adjacent to an activating group) is 1. The minimum Gasteiger partial charge on any atom is -0.494 e. The zero-order chi connectivity index (χ0) is 32.5. The van der Waals surface area contributed by atoms with Gasteiger partial charge in [0.1, 0.15) is 11.6 Å². The number of aromatic nitrogens is 2. The molecule has 3 aliphatic rings. The van der Waals surface area contributed by atoms with Crippen LogP contribution in [-0.2, 0) is 11.3 Å². The quantitative estimate of drug-likeness (QED) is 0.276. The van der Waals surface area contributed by atoms with Gasteiger partial charge in [0, 0.05) is 55.8 Å². The molecular weight excluding hydrogens is 596 g/mol. The Morgan fingerprint density at radius 2 is 1.96 bits per heavy atom. The van der Waals surface area contributed by atoms with E-state index in [2.05, 4.69) is 37.0 Å². The van der Waals surface area contributed by atoms with Crippen LogP contribution in [-0.4, -0.2) is 97.0 Å². The number of nitrogens with one attached hydrogen (secondary N) is 2. The monoisotopic (exact) mass is 634 g/mol. The van der Waals surface area contributed by atoms with Gasteiger partial charge in [-0.1, -0.05) is 6.58 Å². The highest BCUT2D eigenvalue weighted by Crippen LogP contribution is 2.42. The standard InChI is InChI=1S/C30H38F4N8O3/c1-5-26(43)36-21-12-22(24(45-4)13-23(21)40-11-8-20(16-40)39(2)3)37-28-35-14-18-15-41(17-25(31)32)29(44)42(27(18)38-28)19-6-9-30(33,34)10-7-19/h5,12-14,19-20,25H,1,6-11,15-17H2,2-4H3,(H,36,43)(H,35,37,38)/t20-/m1/s1. The molecule has 1 aromatic heterocycles. The molecule has 2 aromatic rings. The summed E-state index contributed by atoms with van der Waals surface area (Å²) in [6.45, 7) is 4.12. The van der Waals surface area contributed by atoms with Crippen LogP contribution in [0.4, 0.5) is 51.2 Å². The first-order valence-corrected chi connectivity index (χ1v) is 14.8. The molecule has 45 heavy (non-hydrogen) atoms. The van der Waals surface area contributed by atoms with Gasteiger partial charge in [0.25, 0.3) is 6.43 Å². The second kappa shape index (κ2) is 13.1. The van der Waals surface area contributed by atoms with E-state index in [0.29, 0.717) is 28.7 Å². The van der Waals surface area contributed by atoms with Crippen molar-refractivity contribution in [3.8, 4) is 5.75 Å². The third-order valence-corrected chi connectivity index (χ3v) is 8.56. The lowest BCUT2D eigenvalue weighted by Gasteiger charge is -2.42.